The normalized spacial score (nSPS) is 25.1. The van der Waals surface area contributed by atoms with Gasteiger partial charge in [-0.05, 0) is 25.7 Å². The summed E-state index contributed by atoms with van der Waals surface area (Å²) >= 11 is -0.458. The van der Waals surface area contributed by atoms with E-state index in [1.54, 1.807) is 0 Å². The predicted octanol–water partition coefficient (Wildman–Crippen LogP) is 1.31. The Labute approximate surface area is 53.7 Å². The second-order valence-electron chi connectivity index (χ2n) is 2.26. The average Bonchev–Trinajstić information content (AvgIpc) is 1.94. The minimum atomic E-state index is -0.458. The molecule has 0 bridgehead atoms. The Balaban J connectivity index is 2.17. The fourth-order valence-corrected chi connectivity index (χ4v) is 2.24. The van der Waals surface area contributed by atoms with E-state index < -0.39 is 11.2 Å². The molecule has 1 aliphatic heterocycles. The van der Waals surface area contributed by atoms with E-state index in [1.807, 2.05) is 0 Å². The third kappa shape index (κ3) is 2.05. The maximum Gasteiger partial charge on any atom is 0.105 e. The lowest BCUT2D eigenvalue weighted by Gasteiger charge is -2.04. The minimum absolute atomic E-state index is 0.458. The molecule has 0 amide bonds. The first kappa shape index (κ1) is 6.43. The summed E-state index contributed by atoms with van der Waals surface area (Å²) in [5.41, 5.74) is 0. The van der Waals surface area contributed by atoms with Gasteiger partial charge in [0.2, 0.25) is 0 Å². The molecule has 0 aliphatic carbocycles. The van der Waals surface area contributed by atoms with Crippen LogP contribution in [0.4, 0.5) is 0 Å². The predicted molar refractivity (Wildman–Crippen MR) is 36.3 cm³/mol. The number of rotatable bonds is 0. The molecular formula is C6H12OS. The van der Waals surface area contributed by atoms with E-state index in [1.165, 1.54) is 25.7 Å². The lowest BCUT2D eigenvalue weighted by molar-refractivity contribution is 0.594. The molecule has 0 aromatic carbocycles. The van der Waals surface area contributed by atoms with Crippen molar-refractivity contribution in [3.05, 3.63) is 0 Å². The van der Waals surface area contributed by atoms with E-state index in [4.69, 9.17) is 0 Å². The van der Waals surface area contributed by atoms with Gasteiger partial charge in [0.05, 0.1) is 0 Å². The van der Waals surface area contributed by atoms with E-state index in [0.717, 1.165) is 11.5 Å². The molecule has 1 nitrogen and oxygen atoms in total. The Morgan fingerprint density at radius 1 is 0.875 bits per heavy atom. The van der Waals surface area contributed by atoms with E-state index in [9.17, 15) is 4.55 Å². The average molecular weight is 132 g/mol. The quantitative estimate of drug-likeness (QED) is 0.456. The van der Waals surface area contributed by atoms with Gasteiger partial charge in [-0.2, -0.15) is 0 Å². The lowest BCUT2D eigenvalue weighted by atomic mass is 10.2. The van der Waals surface area contributed by atoms with Crippen LogP contribution in [0.3, 0.4) is 0 Å². The van der Waals surface area contributed by atoms with Crippen molar-refractivity contribution in [1.29, 1.82) is 0 Å². The van der Waals surface area contributed by atoms with Gasteiger partial charge in [-0.1, -0.05) is 11.2 Å². The van der Waals surface area contributed by atoms with Crippen LogP contribution in [-0.2, 0) is 11.2 Å². The van der Waals surface area contributed by atoms with Crippen LogP contribution in [0.15, 0.2) is 0 Å². The summed E-state index contributed by atoms with van der Waals surface area (Å²) in [5, 5.41) is 0. The van der Waals surface area contributed by atoms with Gasteiger partial charge < -0.3 is 4.55 Å². The van der Waals surface area contributed by atoms with Crippen molar-refractivity contribution < 1.29 is 4.55 Å². The van der Waals surface area contributed by atoms with Gasteiger partial charge in [-0.25, -0.2) is 0 Å². The van der Waals surface area contributed by atoms with Crippen LogP contribution in [0.25, 0.3) is 0 Å². The molecule has 48 valence electrons. The zero-order chi connectivity index (χ0) is 5.82. The third-order valence-corrected chi connectivity index (χ3v) is 2.98. The summed E-state index contributed by atoms with van der Waals surface area (Å²) in [6.07, 6.45) is 4.97. The maximum atomic E-state index is 10.8. The van der Waals surface area contributed by atoms with E-state index in [0.29, 0.717) is 0 Å². The molecule has 8 heavy (non-hydrogen) atoms. The molecule has 1 saturated heterocycles. The third-order valence-electron chi connectivity index (χ3n) is 1.49. The van der Waals surface area contributed by atoms with Crippen molar-refractivity contribution in [3.63, 3.8) is 0 Å². The molecule has 0 aromatic heterocycles. The summed E-state index contributed by atoms with van der Waals surface area (Å²) in [5.74, 6) is 1.92. The first-order valence-electron chi connectivity index (χ1n) is 3.24. The monoisotopic (exact) mass is 132 g/mol. The first-order chi connectivity index (χ1) is 3.89. The molecule has 1 heterocycles. The Morgan fingerprint density at radius 2 is 1.38 bits per heavy atom. The zero-order valence-electron chi connectivity index (χ0n) is 5.06. The number of hydrogen-bond donors (Lipinski definition) is 0. The summed E-state index contributed by atoms with van der Waals surface area (Å²) in [7, 11) is 0. The van der Waals surface area contributed by atoms with Crippen molar-refractivity contribution in [3.8, 4) is 0 Å². The molecule has 0 aromatic rings. The fourth-order valence-electron chi connectivity index (χ4n) is 0.982. The van der Waals surface area contributed by atoms with Gasteiger partial charge in [0.1, 0.15) is 11.5 Å². The highest BCUT2D eigenvalue weighted by Crippen LogP contribution is 2.10. The van der Waals surface area contributed by atoms with Crippen LogP contribution in [-0.4, -0.2) is 16.1 Å². The second-order valence-corrected chi connectivity index (χ2v) is 3.96. The smallest absolute Gasteiger partial charge is 0.105 e. The molecule has 0 radical (unpaired) electrons. The lowest BCUT2D eigenvalue weighted by Crippen LogP contribution is -2.07. The van der Waals surface area contributed by atoms with Crippen molar-refractivity contribution in [1.82, 2.24) is 0 Å². The second kappa shape index (κ2) is 3.36. The number of hydrogen-bond acceptors (Lipinski definition) is 1. The first-order valence-corrected chi connectivity index (χ1v) is 4.73. The van der Waals surface area contributed by atoms with Crippen molar-refractivity contribution in [2.75, 3.05) is 11.5 Å². The largest absolute Gasteiger partial charge is 0.616 e. The minimum Gasteiger partial charge on any atom is -0.616 e. The van der Waals surface area contributed by atoms with Gasteiger partial charge in [0, 0.05) is 0 Å². The Hall–Kier alpha value is 0.310. The highest BCUT2D eigenvalue weighted by molar-refractivity contribution is 7.91. The summed E-state index contributed by atoms with van der Waals surface area (Å²) < 4.78 is 10.8. The maximum absolute atomic E-state index is 10.8. The zero-order valence-corrected chi connectivity index (χ0v) is 5.88. The molecule has 0 spiro atoms. The van der Waals surface area contributed by atoms with Crippen molar-refractivity contribution in [2.24, 2.45) is 0 Å². The summed E-state index contributed by atoms with van der Waals surface area (Å²) in [6, 6.07) is 0. The van der Waals surface area contributed by atoms with Crippen LogP contribution in [0, 0.1) is 0 Å². The Bertz CT molecular complexity index is 57.5. The topological polar surface area (TPSA) is 23.1 Å². The van der Waals surface area contributed by atoms with Crippen LogP contribution in [0.1, 0.15) is 25.7 Å². The molecule has 2 heteroatoms. The molecule has 1 aliphatic rings. The highest BCUT2D eigenvalue weighted by atomic mass is 32.2. The summed E-state index contributed by atoms with van der Waals surface area (Å²) in [6.45, 7) is 0. The van der Waals surface area contributed by atoms with E-state index in [2.05, 4.69) is 0 Å². The Kier molecular flexibility index (Phi) is 2.70. The van der Waals surface area contributed by atoms with Gasteiger partial charge in [0.25, 0.3) is 0 Å². The summed E-state index contributed by atoms with van der Waals surface area (Å²) in [4.78, 5) is 0. The molecule has 0 atom stereocenters. The highest BCUT2D eigenvalue weighted by Gasteiger charge is 2.08. The van der Waals surface area contributed by atoms with Crippen LogP contribution in [0.2, 0.25) is 0 Å². The van der Waals surface area contributed by atoms with Crippen LogP contribution in [0.5, 0.6) is 0 Å². The van der Waals surface area contributed by atoms with Crippen LogP contribution < -0.4 is 0 Å². The van der Waals surface area contributed by atoms with Crippen molar-refractivity contribution >= 4 is 11.2 Å². The molecule has 0 saturated carbocycles. The SMILES string of the molecule is [O-][S+]1CCCCCC1. The molecular weight excluding hydrogens is 120 g/mol. The molecule has 1 rings (SSSR count). The molecule has 1 fully saturated rings. The van der Waals surface area contributed by atoms with E-state index >= 15 is 0 Å². The van der Waals surface area contributed by atoms with Gasteiger partial charge in [-0.3, -0.25) is 0 Å². The van der Waals surface area contributed by atoms with Crippen LogP contribution >= 0.6 is 0 Å². The Morgan fingerprint density at radius 3 is 1.88 bits per heavy atom. The fraction of sp³-hybridized carbons (Fsp3) is 1.00. The van der Waals surface area contributed by atoms with E-state index in [-0.39, 0.29) is 0 Å². The van der Waals surface area contributed by atoms with Gasteiger partial charge >= 0.3 is 0 Å². The molecule has 0 N–H and O–H groups in total. The van der Waals surface area contributed by atoms with Gasteiger partial charge in [-0.15, -0.1) is 0 Å². The molecule has 0 unspecified atom stereocenters. The van der Waals surface area contributed by atoms with Crippen molar-refractivity contribution in [2.45, 2.75) is 25.7 Å². The standard InChI is InChI=1S/C6H12OS/c7-8-5-3-1-2-4-6-8/h1-6H2. The van der Waals surface area contributed by atoms with Gasteiger partial charge in [0.15, 0.2) is 0 Å².